The molecule has 112 valence electrons. The Morgan fingerprint density at radius 1 is 1.14 bits per heavy atom. The third kappa shape index (κ3) is 2.96. The maximum atomic E-state index is 12.2. The first kappa shape index (κ1) is 14.2. The van der Waals surface area contributed by atoms with Gasteiger partial charge in [0.25, 0.3) is 5.91 Å². The van der Waals surface area contributed by atoms with Crippen molar-refractivity contribution in [1.29, 1.82) is 0 Å². The van der Waals surface area contributed by atoms with Crippen molar-refractivity contribution in [2.24, 2.45) is 0 Å². The SMILES string of the molecule is Cc1cc(CNC(=O)c2ccc(-n3cccc3)cc2)c(C)o1. The molecule has 0 spiro atoms. The van der Waals surface area contributed by atoms with Gasteiger partial charge >= 0.3 is 0 Å². The number of carbonyl (C=O) groups is 1. The van der Waals surface area contributed by atoms with Crippen LogP contribution >= 0.6 is 0 Å². The summed E-state index contributed by atoms with van der Waals surface area (Å²) in [7, 11) is 0. The Morgan fingerprint density at radius 3 is 2.41 bits per heavy atom. The van der Waals surface area contributed by atoms with Crippen LogP contribution in [0.4, 0.5) is 0 Å². The molecular formula is C18H18N2O2. The standard InChI is InChI=1S/C18H18N2O2/c1-13-11-16(14(2)22-13)12-19-18(21)15-5-7-17(8-6-15)20-9-3-4-10-20/h3-11H,12H2,1-2H3,(H,19,21). The maximum absolute atomic E-state index is 12.2. The van der Waals surface area contributed by atoms with E-state index in [0.717, 1.165) is 22.8 Å². The van der Waals surface area contributed by atoms with Gasteiger partial charge in [-0.1, -0.05) is 0 Å². The molecule has 1 N–H and O–H groups in total. The van der Waals surface area contributed by atoms with Crippen LogP contribution in [0.15, 0.2) is 59.3 Å². The van der Waals surface area contributed by atoms with Crippen molar-refractivity contribution in [1.82, 2.24) is 9.88 Å². The summed E-state index contributed by atoms with van der Waals surface area (Å²) in [6, 6.07) is 13.4. The quantitative estimate of drug-likeness (QED) is 0.799. The van der Waals surface area contributed by atoms with Crippen molar-refractivity contribution < 1.29 is 9.21 Å². The second kappa shape index (κ2) is 5.93. The summed E-state index contributed by atoms with van der Waals surface area (Å²) >= 11 is 0. The average molecular weight is 294 g/mol. The Morgan fingerprint density at radius 2 is 1.82 bits per heavy atom. The molecule has 22 heavy (non-hydrogen) atoms. The summed E-state index contributed by atoms with van der Waals surface area (Å²) < 4.78 is 7.45. The highest BCUT2D eigenvalue weighted by atomic mass is 16.3. The van der Waals surface area contributed by atoms with Crippen LogP contribution < -0.4 is 5.32 Å². The van der Waals surface area contributed by atoms with E-state index in [1.165, 1.54) is 0 Å². The summed E-state index contributed by atoms with van der Waals surface area (Å²) in [5.41, 5.74) is 2.69. The Bertz CT molecular complexity index is 768. The van der Waals surface area contributed by atoms with Gasteiger partial charge in [-0.05, 0) is 56.3 Å². The number of hydrogen-bond donors (Lipinski definition) is 1. The molecule has 0 radical (unpaired) electrons. The van der Waals surface area contributed by atoms with E-state index in [9.17, 15) is 4.79 Å². The van der Waals surface area contributed by atoms with E-state index in [1.54, 1.807) is 0 Å². The van der Waals surface area contributed by atoms with Crippen LogP contribution in [0, 0.1) is 13.8 Å². The average Bonchev–Trinajstić information content (AvgIpc) is 3.15. The van der Waals surface area contributed by atoms with Crippen molar-refractivity contribution >= 4 is 5.91 Å². The fourth-order valence-corrected chi connectivity index (χ4v) is 2.43. The number of rotatable bonds is 4. The van der Waals surface area contributed by atoms with Crippen LogP contribution in [0.3, 0.4) is 0 Å². The maximum Gasteiger partial charge on any atom is 0.251 e. The number of benzene rings is 1. The van der Waals surface area contributed by atoms with E-state index in [4.69, 9.17) is 4.42 Å². The lowest BCUT2D eigenvalue weighted by Gasteiger charge is -2.06. The Balaban J connectivity index is 1.66. The van der Waals surface area contributed by atoms with Crippen LogP contribution in [0.5, 0.6) is 0 Å². The number of nitrogens with zero attached hydrogens (tertiary/aromatic N) is 1. The van der Waals surface area contributed by atoms with Gasteiger partial charge in [0.1, 0.15) is 11.5 Å². The molecule has 0 saturated carbocycles. The van der Waals surface area contributed by atoms with Gasteiger partial charge in [0.05, 0.1) is 0 Å². The molecule has 4 nitrogen and oxygen atoms in total. The second-order valence-corrected chi connectivity index (χ2v) is 5.26. The highest BCUT2D eigenvalue weighted by Gasteiger charge is 2.09. The molecule has 2 aromatic heterocycles. The molecule has 0 atom stereocenters. The zero-order valence-electron chi connectivity index (χ0n) is 12.7. The van der Waals surface area contributed by atoms with Crippen molar-refractivity contribution in [3.8, 4) is 5.69 Å². The van der Waals surface area contributed by atoms with Gasteiger partial charge in [0.2, 0.25) is 0 Å². The van der Waals surface area contributed by atoms with E-state index < -0.39 is 0 Å². The highest BCUT2D eigenvalue weighted by Crippen LogP contribution is 2.14. The summed E-state index contributed by atoms with van der Waals surface area (Å²) in [4.78, 5) is 12.2. The molecule has 3 rings (SSSR count). The lowest BCUT2D eigenvalue weighted by atomic mass is 10.2. The molecule has 1 amide bonds. The number of aryl methyl sites for hydroxylation is 2. The number of carbonyl (C=O) groups excluding carboxylic acids is 1. The smallest absolute Gasteiger partial charge is 0.251 e. The summed E-state index contributed by atoms with van der Waals surface area (Å²) in [5.74, 6) is 1.62. The van der Waals surface area contributed by atoms with Crippen molar-refractivity contribution in [2.75, 3.05) is 0 Å². The van der Waals surface area contributed by atoms with Crippen LogP contribution in [0.25, 0.3) is 5.69 Å². The van der Waals surface area contributed by atoms with Gasteiger partial charge in [0, 0.05) is 35.8 Å². The number of nitrogens with one attached hydrogen (secondary N) is 1. The molecule has 4 heteroatoms. The van der Waals surface area contributed by atoms with Crippen LogP contribution in [0.2, 0.25) is 0 Å². The van der Waals surface area contributed by atoms with Crippen LogP contribution in [0.1, 0.15) is 27.4 Å². The van der Waals surface area contributed by atoms with E-state index in [1.807, 2.05) is 73.3 Å². The largest absolute Gasteiger partial charge is 0.466 e. The molecule has 3 aromatic rings. The molecule has 2 heterocycles. The van der Waals surface area contributed by atoms with Gasteiger partial charge in [0.15, 0.2) is 0 Å². The topological polar surface area (TPSA) is 47.2 Å². The van der Waals surface area contributed by atoms with Gasteiger partial charge in [-0.2, -0.15) is 0 Å². The highest BCUT2D eigenvalue weighted by molar-refractivity contribution is 5.94. The summed E-state index contributed by atoms with van der Waals surface area (Å²) in [6.07, 6.45) is 3.94. The second-order valence-electron chi connectivity index (χ2n) is 5.26. The molecule has 0 aliphatic carbocycles. The first-order valence-corrected chi connectivity index (χ1v) is 7.21. The Hall–Kier alpha value is -2.75. The van der Waals surface area contributed by atoms with Gasteiger partial charge in [-0.3, -0.25) is 4.79 Å². The molecular weight excluding hydrogens is 276 g/mol. The number of hydrogen-bond acceptors (Lipinski definition) is 2. The molecule has 0 aliphatic heterocycles. The monoisotopic (exact) mass is 294 g/mol. The van der Waals surface area contributed by atoms with Crippen LogP contribution in [-0.2, 0) is 6.54 Å². The fourth-order valence-electron chi connectivity index (χ4n) is 2.43. The third-order valence-electron chi connectivity index (χ3n) is 3.62. The van der Waals surface area contributed by atoms with E-state index in [2.05, 4.69) is 5.32 Å². The zero-order chi connectivity index (χ0) is 15.5. The van der Waals surface area contributed by atoms with Crippen molar-refractivity contribution in [3.05, 3.63) is 77.5 Å². The molecule has 0 saturated heterocycles. The lowest BCUT2D eigenvalue weighted by Crippen LogP contribution is -2.22. The minimum Gasteiger partial charge on any atom is -0.466 e. The van der Waals surface area contributed by atoms with E-state index in [0.29, 0.717) is 12.1 Å². The normalized spacial score (nSPS) is 10.6. The lowest BCUT2D eigenvalue weighted by molar-refractivity contribution is 0.0951. The van der Waals surface area contributed by atoms with Crippen molar-refractivity contribution in [3.63, 3.8) is 0 Å². The minimum atomic E-state index is -0.0858. The van der Waals surface area contributed by atoms with Gasteiger partial charge in [-0.25, -0.2) is 0 Å². The Kier molecular flexibility index (Phi) is 3.83. The molecule has 0 aliphatic rings. The molecule has 0 fully saturated rings. The molecule has 0 bridgehead atoms. The molecule has 0 unspecified atom stereocenters. The summed E-state index contributed by atoms with van der Waals surface area (Å²) in [5, 5.41) is 2.92. The number of amides is 1. The van der Waals surface area contributed by atoms with Gasteiger partial charge in [-0.15, -0.1) is 0 Å². The first-order chi connectivity index (χ1) is 10.6. The van der Waals surface area contributed by atoms with E-state index >= 15 is 0 Å². The van der Waals surface area contributed by atoms with Crippen molar-refractivity contribution in [2.45, 2.75) is 20.4 Å². The number of furan rings is 1. The number of aromatic nitrogens is 1. The third-order valence-corrected chi connectivity index (χ3v) is 3.62. The first-order valence-electron chi connectivity index (χ1n) is 7.21. The minimum absolute atomic E-state index is 0.0858. The Labute approximate surface area is 129 Å². The van der Waals surface area contributed by atoms with Gasteiger partial charge < -0.3 is 14.3 Å². The zero-order valence-corrected chi connectivity index (χ0v) is 12.7. The fraction of sp³-hybridized carbons (Fsp3) is 0.167. The predicted octanol–water partition coefficient (Wildman–Crippen LogP) is 3.62. The van der Waals surface area contributed by atoms with E-state index in [-0.39, 0.29) is 5.91 Å². The van der Waals surface area contributed by atoms with Crippen LogP contribution in [-0.4, -0.2) is 10.5 Å². The summed E-state index contributed by atoms with van der Waals surface area (Å²) in [6.45, 7) is 4.28. The predicted molar refractivity (Wildman–Crippen MR) is 85.1 cm³/mol. The molecule has 1 aromatic carbocycles.